The number of carbonyl (C=O) groups is 1. The Labute approximate surface area is 93.1 Å². The van der Waals surface area contributed by atoms with Crippen LogP contribution in [-0.2, 0) is 0 Å². The van der Waals surface area contributed by atoms with E-state index in [2.05, 4.69) is 0 Å². The van der Waals surface area contributed by atoms with Gasteiger partial charge in [-0.15, -0.1) is 11.3 Å². The zero-order valence-corrected chi connectivity index (χ0v) is 9.75. The number of ketones is 1. The lowest BCUT2D eigenvalue weighted by molar-refractivity contribution is 0.0927. The fourth-order valence-corrected chi connectivity index (χ4v) is 3.28. The lowest BCUT2D eigenvalue weighted by atomic mass is 10.0. The minimum atomic E-state index is 0.241. The molecule has 3 heteroatoms. The molecule has 0 N–H and O–H groups in total. The smallest absolute Gasteiger partial charge is 0.177 e. The van der Waals surface area contributed by atoms with E-state index in [4.69, 9.17) is 11.6 Å². The Bertz CT molecular complexity index is 350. The van der Waals surface area contributed by atoms with Crippen molar-refractivity contribution in [3.63, 3.8) is 0 Å². The highest BCUT2D eigenvalue weighted by Gasteiger charge is 2.26. The molecule has 0 aromatic carbocycles. The number of rotatable bonds is 2. The monoisotopic (exact) mass is 228 g/mol. The molecule has 76 valence electrons. The molecule has 14 heavy (non-hydrogen) atoms. The third-order valence-corrected chi connectivity index (χ3v) is 4.56. The van der Waals surface area contributed by atoms with Crippen LogP contribution in [0.1, 0.15) is 40.9 Å². The lowest BCUT2D eigenvalue weighted by Crippen LogP contribution is -2.09. The fraction of sp³-hybridized carbons (Fsp3) is 0.545. The van der Waals surface area contributed by atoms with Crippen LogP contribution in [0.15, 0.2) is 5.38 Å². The van der Waals surface area contributed by atoms with E-state index in [1.807, 2.05) is 12.3 Å². The predicted octanol–water partition coefficient (Wildman–Crippen LogP) is 4.08. The topological polar surface area (TPSA) is 17.1 Å². The normalized spacial score (nSPS) is 17.6. The second kappa shape index (κ2) is 4.03. The molecule has 1 aromatic rings. The third-order valence-electron chi connectivity index (χ3n) is 2.85. The molecule has 0 atom stereocenters. The van der Waals surface area contributed by atoms with Crippen LogP contribution < -0.4 is 0 Å². The minimum Gasteiger partial charge on any atom is -0.293 e. The summed E-state index contributed by atoms with van der Waals surface area (Å²) in [5.41, 5.74) is 1.03. The van der Waals surface area contributed by atoms with Crippen LogP contribution in [0.3, 0.4) is 0 Å². The molecular weight excluding hydrogens is 216 g/mol. The maximum Gasteiger partial charge on any atom is 0.177 e. The van der Waals surface area contributed by atoms with E-state index in [1.165, 1.54) is 24.2 Å². The van der Waals surface area contributed by atoms with E-state index >= 15 is 0 Å². The van der Waals surface area contributed by atoms with Gasteiger partial charge in [-0.05, 0) is 30.7 Å². The molecule has 1 fully saturated rings. The number of aryl methyl sites for hydroxylation is 1. The molecule has 1 heterocycles. The Morgan fingerprint density at radius 3 is 2.64 bits per heavy atom. The molecule has 0 radical (unpaired) electrons. The van der Waals surface area contributed by atoms with Gasteiger partial charge in [-0.1, -0.05) is 24.4 Å². The van der Waals surface area contributed by atoms with Gasteiger partial charge in [0.1, 0.15) is 0 Å². The highest BCUT2D eigenvalue weighted by Crippen LogP contribution is 2.34. The first-order valence-electron chi connectivity index (χ1n) is 4.98. The summed E-state index contributed by atoms with van der Waals surface area (Å²) in [6.45, 7) is 1.95. The minimum absolute atomic E-state index is 0.241. The van der Waals surface area contributed by atoms with Crippen molar-refractivity contribution in [2.75, 3.05) is 0 Å². The lowest BCUT2D eigenvalue weighted by Gasteiger charge is -2.05. The second-order valence-corrected chi connectivity index (χ2v) is 5.17. The van der Waals surface area contributed by atoms with Crippen LogP contribution in [-0.4, -0.2) is 5.78 Å². The van der Waals surface area contributed by atoms with Gasteiger partial charge >= 0.3 is 0 Å². The van der Waals surface area contributed by atoms with Crippen molar-refractivity contribution in [1.82, 2.24) is 0 Å². The van der Waals surface area contributed by atoms with Crippen LogP contribution >= 0.6 is 22.9 Å². The van der Waals surface area contributed by atoms with Crippen molar-refractivity contribution in [1.29, 1.82) is 0 Å². The largest absolute Gasteiger partial charge is 0.293 e. The van der Waals surface area contributed by atoms with Gasteiger partial charge in [-0.2, -0.15) is 0 Å². The first-order valence-corrected chi connectivity index (χ1v) is 6.23. The maximum atomic E-state index is 12.0. The predicted molar refractivity (Wildman–Crippen MR) is 60.4 cm³/mol. The van der Waals surface area contributed by atoms with Crippen molar-refractivity contribution < 1.29 is 4.79 Å². The van der Waals surface area contributed by atoms with E-state index in [-0.39, 0.29) is 11.7 Å². The number of hydrogen-bond acceptors (Lipinski definition) is 2. The van der Waals surface area contributed by atoms with Crippen LogP contribution in [0.25, 0.3) is 0 Å². The average molecular weight is 229 g/mol. The van der Waals surface area contributed by atoms with Gasteiger partial charge < -0.3 is 0 Å². The molecule has 0 amide bonds. The van der Waals surface area contributed by atoms with Crippen molar-refractivity contribution in [2.24, 2.45) is 5.92 Å². The summed E-state index contributed by atoms with van der Waals surface area (Å²) in [4.78, 5) is 12.8. The molecule has 0 saturated heterocycles. The molecule has 1 nitrogen and oxygen atoms in total. The first-order chi connectivity index (χ1) is 6.70. The van der Waals surface area contributed by atoms with E-state index < -0.39 is 0 Å². The molecule has 0 bridgehead atoms. The molecule has 1 saturated carbocycles. The summed E-state index contributed by atoms with van der Waals surface area (Å²) in [6.07, 6.45) is 4.48. The van der Waals surface area contributed by atoms with Gasteiger partial charge in [0.05, 0.1) is 9.90 Å². The average Bonchev–Trinajstić information content (AvgIpc) is 2.77. The highest BCUT2D eigenvalue weighted by molar-refractivity contribution is 7.13. The Kier molecular flexibility index (Phi) is 2.93. The third kappa shape index (κ3) is 1.73. The van der Waals surface area contributed by atoms with E-state index in [9.17, 15) is 4.79 Å². The van der Waals surface area contributed by atoms with Gasteiger partial charge in [0, 0.05) is 5.92 Å². The summed E-state index contributed by atoms with van der Waals surface area (Å²) >= 11 is 7.56. The SMILES string of the molecule is Cc1csc(C(=O)C2CCCC2)c1Cl. The fourth-order valence-electron chi connectivity index (χ4n) is 1.97. The number of Topliss-reactive ketones (excluding diaryl/α,β-unsaturated/α-hetero) is 1. The van der Waals surface area contributed by atoms with Crippen LogP contribution in [0.2, 0.25) is 5.02 Å². The van der Waals surface area contributed by atoms with E-state index in [0.717, 1.165) is 23.3 Å². The molecule has 1 aliphatic carbocycles. The molecule has 0 aliphatic heterocycles. The highest BCUT2D eigenvalue weighted by atomic mass is 35.5. The van der Waals surface area contributed by atoms with Crippen LogP contribution in [0.4, 0.5) is 0 Å². The zero-order chi connectivity index (χ0) is 10.1. The van der Waals surface area contributed by atoms with Crippen LogP contribution in [0, 0.1) is 12.8 Å². The summed E-state index contributed by atoms with van der Waals surface area (Å²) in [5, 5.41) is 2.64. The maximum absolute atomic E-state index is 12.0. The van der Waals surface area contributed by atoms with Crippen molar-refractivity contribution in [3.05, 3.63) is 20.8 Å². The van der Waals surface area contributed by atoms with Gasteiger partial charge in [0.25, 0.3) is 0 Å². The molecular formula is C11H13ClOS. The Morgan fingerprint density at radius 2 is 2.14 bits per heavy atom. The summed E-state index contributed by atoms with van der Waals surface area (Å²) in [5.74, 6) is 0.510. The van der Waals surface area contributed by atoms with Gasteiger partial charge in [0.2, 0.25) is 0 Å². The van der Waals surface area contributed by atoms with Crippen LogP contribution in [0.5, 0.6) is 0 Å². The number of thiophene rings is 1. The van der Waals surface area contributed by atoms with Crippen molar-refractivity contribution >= 4 is 28.7 Å². The summed E-state index contributed by atoms with van der Waals surface area (Å²) < 4.78 is 0. The van der Waals surface area contributed by atoms with Gasteiger partial charge in [-0.25, -0.2) is 0 Å². The summed E-state index contributed by atoms with van der Waals surface area (Å²) in [6, 6.07) is 0. The first kappa shape index (κ1) is 10.2. The van der Waals surface area contributed by atoms with Gasteiger partial charge in [-0.3, -0.25) is 4.79 Å². The standard InChI is InChI=1S/C11H13ClOS/c1-7-6-14-11(9(7)12)10(13)8-4-2-3-5-8/h6,8H,2-5H2,1H3. The molecule has 1 aliphatic rings. The Balaban J connectivity index is 2.22. The molecule has 0 spiro atoms. The zero-order valence-electron chi connectivity index (χ0n) is 8.18. The number of halogens is 1. The van der Waals surface area contributed by atoms with E-state index in [1.54, 1.807) is 0 Å². The number of hydrogen-bond donors (Lipinski definition) is 0. The van der Waals surface area contributed by atoms with Crippen molar-refractivity contribution in [3.8, 4) is 0 Å². The molecule has 2 rings (SSSR count). The molecule has 1 aromatic heterocycles. The van der Waals surface area contributed by atoms with E-state index in [0.29, 0.717) is 5.02 Å². The second-order valence-electron chi connectivity index (χ2n) is 3.91. The Morgan fingerprint density at radius 1 is 1.50 bits per heavy atom. The summed E-state index contributed by atoms with van der Waals surface area (Å²) in [7, 11) is 0. The molecule has 0 unspecified atom stereocenters. The number of carbonyl (C=O) groups excluding carboxylic acids is 1. The van der Waals surface area contributed by atoms with Crippen molar-refractivity contribution in [2.45, 2.75) is 32.6 Å². The quantitative estimate of drug-likeness (QED) is 0.697. The van der Waals surface area contributed by atoms with Gasteiger partial charge in [0.15, 0.2) is 5.78 Å². The Hall–Kier alpha value is -0.340.